The molecule has 37 heavy (non-hydrogen) atoms. The summed E-state index contributed by atoms with van der Waals surface area (Å²) in [6.45, 7) is 0.434. The van der Waals surface area contributed by atoms with Crippen molar-refractivity contribution in [1.82, 2.24) is 4.31 Å². The third-order valence-electron chi connectivity index (χ3n) is 5.88. The largest absolute Gasteiger partial charge is 0.325 e. The van der Waals surface area contributed by atoms with Gasteiger partial charge in [0.15, 0.2) is 0 Å². The minimum atomic E-state index is -4.14. The highest BCUT2D eigenvalue weighted by molar-refractivity contribution is 7.92. The van der Waals surface area contributed by atoms with Gasteiger partial charge in [-0.05, 0) is 79.6 Å². The number of amides is 1. The van der Waals surface area contributed by atoms with Crippen molar-refractivity contribution in [2.45, 2.75) is 29.1 Å². The Labute approximate surface area is 226 Å². The molecule has 0 aromatic heterocycles. The van der Waals surface area contributed by atoms with E-state index in [0.717, 1.165) is 23.6 Å². The maximum atomic E-state index is 13.4. The molecule has 0 radical (unpaired) electrons. The van der Waals surface area contributed by atoms with E-state index in [-0.39, 0.29) is 15.5 Å². The average molecular weight is 583 g/mol. The first-order chi connectivity index (χ1) is 17.6. The number of anilines is 2. The van der Waals surface area contributed by atoms with Crippen molar-refractivity contribution in [1.29, 1.82) is 0 Å². The summed E-state index contributed by atoms with van der Waals surface area (Å²) in [7, 11) is -7.75. The van der Waals surface area contributed by atoms with E-state index in [1.54, 1.807) is 12.1 Å². The molecule has 3 aromatic rings. The van der Waals surface area contributed by atoms with Crippen LogP contribution in [-0.4, -0.2) is 46.7 Å². The molecule has 1 amide bonds. The topological polar surface area (TPSA) is 104 Å². The van der Waals surface area contributed by atoms with Crippen molar-refractivity contribution in [2.75, 3.05) is 29.3 Å². The van der Waals surface area contributed by atoms with Gasteiger partial charge in [-0.3, -0.25) is 9.10 Å². The number of carbonyl (C=O) groups excluding carboxylic acids is 1. The highest BCUT2D eigenvalue weighted by atomic mass is 35.5. The number of sulfonamides is 2. The fourth-order valence-corrected chi connectivity index (χ4v) is 7.22. The summed E-state index contributed by atoms with van der Waals surface area (Å²) >= 11 is 12.0. The maximum Gasteiger partial charge on any atom is 0.264 e. The summed E-state index contributed by atoms with van der Waals surface area (Å²) in [5.74, 6) is -0.621. The summed E-state index contributed by atoms with van der Waals surface area (Å²) < 4.78 is 55.0. The number of benzene rings is 3. The summed E-state index contributed by atoms with van der Waals surface area (Å²) in [4.78, 5) is 13.0. The number of rotatable bonds is 8. The smallest absolute Gasteiger partial charge is 0.264 e. The zero-order chi connectivity index (χ0) is 26.6. The highest BCUT2D eigenvalue weighted by Crippen LogP contribution is 2.27. The van der Waals surface area contributed by atoms with Gasteiger partial charge in [0.25, 0.3) is 10.0 Å². The fourth-order valence-electron chi connectivity index (χ4n) is 3.98. The molecular weight excluding hydrogens is 557 g/mol. The van der Waals surface area contributed by atoms with Crippen molar-refractivity contribution < 1.29 is 21.6 Å². The lowest BCUT2D eigenvalue weighted by Gasteiger charge is -2.26. The summed E-state index contributed by atoms with van der Waals surface area (Å²) in [5, 5.41) is 3.32. The number of nitrogens with one attached hydrogen (secondary N) is 1. The SMILES string of the molecule is O=C(CN(c1cccc(Cl)c1)S(=O)(=O)c1ccc(Cl)cc1)Nc1ccc(S(=O)(=O)N2CCCCC2)cc1. The molecule has 3 aromatic carbocycles. The van der Waals surface area contributed by atoms with E-state index < -0.39 is 32.5 Å². The molecule has 1 N–H and O–H groups in total. The van der Waals surface area contributed by atoms with Crippen molar-refractivity contribution in [2.24, 2.45) is 0 Å². The molecule has 1 aliphatic heterocycles. The summed E-state index contributed by atoms with van der Waals surface area (Å²) in [5.41, 5.74) is 0.540. The molecule has 0 unspecified atom stereocenters. The van der Waals surface area contributed by atoms with Crippen LogP contribution in [0.15, 0.2) is 82.6 Å². The quantitative estimate of drug-likeness (QED) is 0.403. The molecule has 12 heteroatoms. The van der Waals surface area contributed by atoms with Gasteiger partial charge in [0.2, 0.25) is 15.9 Å². The first kappa shape index (κ1) is 27.4. The van der Waals surface area contributed by atoms with Crippen LogP contribution in [0.5, 0.6) is 0 Å². The van der Waals surface area contributed by atoms with Crippen LogP contribution in [0.1, 0.15) is 19.3 Å². The van der Waals surface area contributed by atoms with E-state index in [2.05, 4.69) is 5.32 Å². The zero-order valence-electron chi connectivity index (χ0n) is 19.7. The number of hydrogen-bond donors (Lipinski definition) is 1. The second-order valence-corrected chi connectivity index (χ2v) is 13.2. The molecule has 196 valence electrons. The monoisotopic (exact) mass is 581 g/mol. The number of hydrogen-bond acceptors (Lipinski definition) is 5. The third kappa shape index (κ3) is 6.45. The van der Waals surface area contributed by atoms with E-state index in [4.69, 9.17) is 23.2 Å². The van der Waals surface area contributed by atoms with Crippen molar-refractivity contribution >= 4 is 60.5 Å². The number of piperidine rings is 1. The Bertz CT molecular complexity index is 1470. The molecular formula is C25H25Cl2N3O5S2. The molecule has 1 fully saturated rings. The Hall–Kier alpha value is -2.63. The molecule has 0 saturated carbocycles. The molecule has 4 rings (SSSR count). The van der Waals surface area contributed by atoms with Crippen molar-refractivity contribution in [3.63, 3.8) is 0 Å². The van der Waals surface area contributed by atoms with E-state index in [1.165, 1.54) is 65.0 Å². The minimum absolute atomic E-state index is 0.0445. The Morgan fingerprint density at radius 3 is 2.05 bits per heavy atom. The van der Waals surface area contributed by atoms with Gasteiger partial charge in [-0.15, -0.1) is 0 Å². The lowest BCUT2D eigenvalue weighted by Crippen LogP contribution is -2.38. The molecule has 1 saturated heterocycles. The predicted octanol–water partition coefficient (Wildman–Crippen LogP) is 5.00. The van der Waals surface area contributed by atoms with Crippen LogP contribution >= 0.6 is 23.2 Å². The second-order valence-electron chi connectivity index (χ2n) is 8.48. The first-order valence-electron chi connectivity index (χ1n) is 11.5. The Kier molecular flexibility index (Phi) is 8.45. The summed E-state index contributed by atoms with van der Waals surface area (Å²) in [6, 6.07) is 17.6. The van der Waals surface area contributed by atoms with E-state index >= 15 is 0 Å². The second kappa shape index (κ2) is 11.4. The summed E-state index contributed by atoms with van der Waals surface area (Å²) in [6.07, 6.45) is 2.67. The number of halogens is 2. The van der Waals surface area contributed by atoms with Crippen LogP contribution in [0.3, 0.4) is 0 Å². The van der Waals surface area contributed by atoms with E-state index in [1.807, 2.05) is 0 Å². The number of nitrogens with zero attached hydrogens (tertiary/aromatic N) is 2. The molecule has 0 spiro atoms. The van der Waals surface area contributed by atoms with Crippen molar-refractivity contribution in [3.8, 4) is 0 Å². The lowest BCUT2D eigenvalue weighted by molar-refractivity contribution is -0.114. The van der Waals surface area contributed by atoms with Gasteiger partial charge in [-0.25, -0.2) is 16.8 Å². The molecule has 0 aliphatic carbocycles. The van der Waals surface area contributed by atoms with Crippen molar-refractivity contribution in [3.05, 3.63) is 82.8 Å². The third-order valence-corrected chi connectivity index (χ3v) is 10.1. The van der Waals surface area contributed by atoms with Crippen LogP contribution < -0.4 is 9.62 Å². The normalized spacial score (nSPS) is 14.8. The molecule has 0 atom stereocenters. The molecule has 1 aliphatic rings. The van der Waals surface area contributed by atoms with Gasteiger partial charge >= 0.3 is 0 Å². The van der Waals surface area contributed by atoms with Gasteiger partial charge in [0.05, 0.1) is 15.5 Å². The predicted molar refractivity (Wildman–Crippen MR) is 145 cm³/mol. The Morgan fingerprint density at radius 2 is 1.43 bits per heavy atom. The van der Waals surface area contributed by atoms with E-state index in [9.17, 15) is 21.6 Å². The van der Waals surface area contributed by atoms with Gasteiger partial charge < -0.3 is 5.32 Å². The minimum Gasteiger partial charge on any atom is -0.325 e. The van der Waals surface area contributed by atoms with Gasteiger partial charge in [0.1, 0.15) is 6.54 Å². The van der Waals surface area contributed by atoms with Gasteiger partial charge in [-0.2, -0.15) is 4.31 Å². The van der Waals surface area contributed by atoms with Gasteiger partial charge in [-0.1, -0.05) is 35.7 Å². The first-order valence-corrected chi connectivity index (χ1v) is 15.1. The van der Waals surface area contributed by atoms with Gasteiger partial charge in [0, 0.05) is 28.8 Å². The Morgan fingerprint density at radius 1 is 0.811 bits per heavy atom. The van der Waals surface area contributed by atoms with Crippen LogP contribution in [0, 0.1) is 0 Å². The van der Waals surface area contributed by atoms with E-state index in [0.29, 0.717) is 28.8 Å². The van der Waals surface area contributed by atoms with Crippen LogP contribution in [0.25, 0.3) is 0 Å². The standard InChI is InChI=1S/C25H25Cl2N3O5S2/c26-19-7-11-24(12-8-19)37(34,35)30(22-6-4-5-20(27)17-22)18-25(31)28-21-9-13-23(14-10-21)36(32,33)29-15-2-1-3-16-29/h4-14,17H,1-3,15-16,18H2,(H,28,31). The Balaban J connectivity index is 1.54. The fraction of sp³-hybridized carbons (Fsp3) is 0.240. The molecule has 8 nitrogen and oxygen atoms in total. The van der Waals surface area contributed by atoms with Crippen LogP contribution in [0.4, 0.5) is 11.4 Å². The maximum absolute atomic E-state index is 13.4. The zero-order valence-corrected chi connectivity index (χ0v) is 22.8. The lowest BCUT2D eigenvalue weighted by atomic mass is 10.2. The molecule has 0 bridgehead atoms. The van der Waals surface area contributed by atoms with Crippen LogP contribution in [0.2, 0.25) is 10.0 Å². The highest BCUT2D eigenvalue weighted by Gasteiger charge is 2.28. The average Bonchev–Trinajstić information content (AvgIpc) is 2.88. The molecule has 1 heterocycles. The number of carbonyl (C=O) groups is 1. The van der Waals surface area contributed by atoms with Crippen LogP contribution in [-0.2, 0) is 24.8 Å².